The van der Waals surface area contributed by atoms with E-state index in [0.29, 0.717) is 13.0 Å². The lowest BCUT2D eigenvalue weighted by Gasteiger charge is -2.23. The van der Waals surface area contributed by atoms with E-state index in [2.05, 4.69) is 24.1 Å². The maximum atomic E-state index is 11.7. The van der Waals surface area contributed by atoms with Crippen LogP contribution in [0.4, 0.5) is 5.69 Å². The predicted octanol–water partition coefficient (Wildman–Crippen LogP) is 2.57. The van der Waals surface area contributed by atoms with E-state index in [0.717, 1.165) is 19.4 Å². The van der Waals surface area contributed by atoms with Gasteiger partial charge in [0, 0.05) is 19.3 Å². The first-order chi connectivity index (χ1) is 9.47. The summed E-state index contributed by atoms with van der Waals surface area (Å²) in [6.45, 7) is 4.86. The molecule has 1 atom stereocenters. The van der Waals surface area contributed by atoms with Crippen molar-refractivity contribution in [1.82, 2.24) is 0 Å². The minimum absolute atomic E-state index is 0.309. The third-order valence-electron chi connectivity index (χ3n) is 3.38. The van der Waals surface area contributed by atoms with Gasteiger partial charge in [0.1, 0.15) is 5.54 Å². The largest absolute Gasteiger partial charge is 0.465 e. The van der Waals surface area contributed by atoms with E-state index in [9.17, 15) is 4.79 Å². The highest BCUT2D eigenvalue weighted by molar-refractivity contribution is 5.79. The van der Waals surface area contributed by atoms with Crippen molar-refractivity contribution >= 4 is 11.7 Å². The van der Waals surface area contributed by atoms with Gasteiger partial charge in [0.25, 0.3) is 0 Å². The molecular weight excluding hydrogens is 252 g/mol. The van der Waals surface area contributed by atoms with Crippen molar-refractivity contribution in [2.75, 3.05) is 25.1 Å². The molecule has 1 unspecified atom stereocenters. The van der Waals surface area contributed by atoms with Gasteiger partial charge in [-0.05, 0) is 45.2 Å². The van der Waals surface area contributed by atoms with Crippen LogP contribution in [-0.2, 0) is 9.53 Å². The van der Waals surface area contributed by atoms with Gasteiger partial charge in [0.05, 0.1) is 6.61 Å². The van der Waals surface area contributed by atoms with E-state index in [1.165, 1.54) is 5.69 Å². The van der Waals surface area contributed by atoms with E-state index in [1.807, 2.05) is 18.2 Å². The lowest BCUT2D eigenvalue weighted by molar-refractivity contribution is -0.149. The Kier molecular flexibility index (Phi) is 6.52. The Morgan fingerprint density at radius 3 is 2.55 bits per heavy atom. The van der Waals surface area contributed by atoms with Gasteiger partial charge in [-0.2, -0.15) is 0 Å². The van der Waals surface area contributed by atoms with Gasteiger partial charge in [-0.3, -0.25) is 4.79 Å². The van der Waals surface area contributed by atoms with Crippen LogP contribution in [0, 0.1) is 0 Å². The van der Waals surface area contributed by atoms with Crippen LogP contribution in [0.25, 0.3) is 0 Å². The molecule has 0 saturated heterocycles. The van der Waals surface area contributed by atoms with Crippen LogP contribution in [0.5, 0.6) is 0 Å². The summed E-state index contributed by atoms with van der Waals surface area (Å²) in [5.74, 6) is -0.309. The molecule has 112 valence electrons. The molecule has 0 radical (unpaired) electrons. The van der Waals surface area contributed by atoms with Crippen molar-refractivity contribution in [3.63, 3.8) is 0 Å². The zero-order valence-corrected chi connectivity index (χ0v) is 12.8. The van der Waals surface area contributed by atoms with Crippen LogP contribution < -0.4 is 10.6 Å². The number of hydrogen-bond acceptors (Lipinski definition) is 4. The van der Waals surface area contributed by atoms with Crippen LogP contribution in [-0.4, -0.2) is 31.7 Å². The smallest absolute Gasteiger partial charge is 0.325 e. The van der Waals surface area contributed by atoms with Crippen molar-refractivity contribution in [1.29, 1.82) is 0 Å². The Balaban J connectivity index is 2.29. The van der Waals surface area contributed by atoms with Crippen molar-refractivity contribution in [3.8, 4) is 0 Å². The minimum atomic E-state index is -0.874. The topological polar surface area (TPSA) is 55.6 Å². The lowest BCUT2D eigenvalue weighted by Crippen LogP contribution is -2.46. The normalized spacial score (nSPS) is 13.6. The molecule has 1 aromatic rings. The molecule has 0 saturated carbocycles. The van der Waals surface area contributed by atoms with E-state index in [-0.39, 0.29) is 5.97 Å². The van der Waals surface area contributed by atoms with Crippen molar-refractivity contribution < 1.29 is 9.53 Å². The van der Waals surface area contributed by atoms with Gasteiger partial charge in [-0.1, -0.05) is 18.2 Å². The van der Waals surface area contributed by atoms with E-state index < -0.39 is 5.54 Å². The number of nitrogens with zero attached hydrogens (tertiary/aromatic N) is 1. The Hall–Kier alpha value is -1.55. The first-order valence-electron chi connectivity index (χ1n) is 7.19. The highest BCUT2D eigenvalue weighted by Crippen LogP contribution is 2.15. The predicted molar refractivity (Wildman–Crippen MR) is 82.8 cm³/mol. The first-order valence-corrected chi connectivity index (χ1v) is 7.19. The van der Waals surface area contributed by atoms with Crippen molar-refractivity contribution in [3.05, 3.63) is 30.3 Å². The van der Waals surface area contributed by atoms with E-state index in [4.69, 9.17) is 10.5 Å². The molecule has 2 N–H and O–H groups in total. The quantitative estimate of drug-likeness (QED) is 0.586. The zero-order valence-electron chi connectivity index (χ0n) is 12.8. The average molecular weight is 278 g/mol. The van der Waals surface area contributed by atoms with Crippen LogP contribution in [0.15, 0.2) is 30.3 Å². The van der Waals surface area contributed by atoms with Gasteiger partial charge in [0.15, 0.2) is 0 Å². The Morgan fingerprint density at radius 2 is 1.95 bits per heavy atom. The summed E-state index contributed by atoms with van der Waals surface area (Å²) in [5, 5.41) is 0. The summed E-state index contributed by atoms with van der Waals surface area (Å²) in [5.41, 5.74) is 6.31. The van der Waals surface area contributed by atoms with Crippen molar-refractivity contribution in [2.45, 2.75) is 38.6 Å². The molecule has 0 spiro atoms. The summed E-state index contributed by atoms with van der Waals surface area (Å²) in [4.78, 5) is 13.9. The van der Waals surface area contributed by atoms with Gasteiger partial charge in [-0.25, -0.2) is 0 Å². The zero-order chi connectivity index (χ0) is 15.0. The maximum Gasteiger partial charge on any atom is 0.325 e. The first kappa shape index (κ1) is 16.5. The second-order valence-electron chi connectivity index (χ2n) is 5.35. The Labute approximate surface area is 121 Å². The summed E-state index contributed by atoms with van der Waals surface area (Å²) in [6.07, 6.45) is 2.55. The van der Waals surface area contributed by atoms with Crippen LogP contribution in [0.2, 0.25) is 0 Å². The number of carbonyl (C=O) groups excluding carboxylic acids is 1. The monoisotopic (exact) mass is 278 g/mol. The highest BCUT2D eigenvalue weighted by atomic mass is 16.5. The third-order valence-corrected chi connectivity index (χ3v) is 3.38. The number of rotatable bonds is 8. The van der Waals surface area contributed by atoms with Gasteiger partial charge in [-0.15, -0.1) is 0 Å². The third kappa shape index (κ3) is 5.21. The second kappa shape index (κ2) is 7.90. The highest BCUT2D eigenvalue weighted by Gasteiger charge is 2.28. The van der Waals surface area contributed by atoms with Gasteiger partial charge in [0.2, 0.25) is 0 Å². The molecule has 1 rings (SSSR count). The fourth-order valence-corrected chi connectivity index (χ4v) is 2.05. The number of esters is 1. The molecule has 0 bridgehead atoms. The fourth-order valence-electron chi connectivity index (χ4n) is 2.05. The SMILES string of the molecule is CCOC(=O)C(C)(N)CCCCN(C)c1ccccc1. The average Bonchev–Trinajstić information content (AvgIpc) is 2.44. The molecule has 0 aromatic heterocycles. The number of anilines is 1. The number of para-hydroxylation sites is 1. The summed E-state index contributed by atoms with van der Waals surface area (Å²) in [7, 11) is 2.07. The standard InChI is InChI=1S/C16H26N2O2/c1-4-20-15(19)16(2,17)12-8-9-13-18(3)14-10-6-5-7-11-14/h5-7,10-11H,4,8-9,12-13,17H2,1-3H3. The maximum absolute atomic E-state index is 11.7. The number of benzene rings is 1. The molecule has 0 aliphatic heterocycles. The molecule has 20 heavy (non-hydrogen) atoms. The van der Waals surface area contributed by atoms with Crippen LogP contribution in [0.3, 0.4) is 0 Å². The molecule has 1 aromatic carbocycles. The second-order valence-corrected chi connectivity index (χ2v) is 5.35. The van der Waals surface area contributed by atoms with E-state index in [1.54, 1.807) is 13.8 Å². The van der Waals surface area contributed by atoms with Gasteiger partial charge < -0.3 is 15.4 Å². The molecule has 0 aliphatic carbocycles. The summed E-state index contributed by atoms with van der Waals surface area (Å²) in [6, 6.07) is 10.3. The number of carbonyl (C=O) groups is 1. The molecule has 0 heterocycles. The molecule has 4 heteroatoms. The molecule has 0 aliphatic rings. The molecule has 0 amide bonds. The number of hydrogen-bond donors (Lipinski definition) is 1. The lowest BCUT2D eigenvalue weighted by atomic mass is 9.96. The number of unbranched alkanes of at least 4 members (excludes halogenated alkanes) is 1. The number of ether oxygens (including phenoxy) is 1. The Morgan fingerprint density at radius 1 is 1.30 bits per heavy atom. The molecule has 4 nitrogen and oxygen atoms in total. The van der Waals surface area contributed by atoms with E-state index >= 15 is 0 Å². The Bertz CT molecular complexity index is 404. The number of nitrogens with two attached hydrogens (primary N) is 1. The molecular formula is C16H26N2O2. The minimum Gasteiger partial charge on any atom is -0.465 e. The van der Waals surface area contributed by atoms with Crippen LogP contribution in [0.1, 0.15) is 33.1 Å². The van der Waals surface area contributed by atoms with Crippen LogP contribution >= 0.6 is 0 Å². The molecule has 0 fully saturated rings. The summed E-state index contributed by atoms with van der Waals surface area (Å²) >= 11 is 0. The van der Waals surface area contributed by atoms with Gasteiger partial charge >= 0.3 is 5.97 Å². The summed E-state index contributed by atoms with van der Waals surface area (Å²) < 4.78 is 4.98. The fraction of sp³-hybridized carbons (Fsp3) is 0.562. The van der Waals surface area contributed by atoms with Crippen molar-refractivity contribution in [2.24, 2.45) is 5.73 Å².